The van der Waals surface area contributed by atoms with Crippen molar-refractivity contribution >= 4 is 28.6 Å². The van der Waals surface area contributed by atoms with Gasteiger partial charge in [-0.05, 0) is 48.9 Å². The van der Waals surface area contributed by atoms with E-state index in [9.17, 15) is 14.9 Å². The van der Waals surface area contributed by atoms with E-state index < -0.39 is 4.92 Å². The van der Waals surface area contributed by atoms with Gasteiger partial charge in [0.2, 0.25) is 0 Å². The van der Waals surface area contributed by atoms with Crippen molar-refractivity contribution in [3.8, 4) is 5.69 Å². The summed E-state index contributed by atoms with van der Waals surface area (Å²) in [5.74, 6) is -0.297. The molecule has 1 heterocycles. The lowest BCUT2D eigenvalue weighted by Gasteiger charge is -2.09. The fourth-order valence-corrected chi connectivity index (χ4v) is 3.62. The molecule has 0 aliphatic rings. The summed E-state index contributed by atoms with van der Waals surface area (Å²) in [7, 11) is 0. The van der Waals surface area contributed by atoms with E-state index in [0.29, 0.717) is 11.3 Å². The average molecular weight is 412 g/mol. The predicted molar refractivity (Wildman–Crippen MR) is 121 cm³/mol. The van der Waals surface area contributed by atoms with Crippen molar-refractivity contribution in [3.63, 3.8) is 0 Å². The maximum absolute atomic E-state index is 12.5. The molecule has 1 amide bonds. The Kier molecular flexibility index (Phi) is 5.32. The van der Waals surface area contributed by atoms with Crippen LogP contribution in [0.1, 0.15) is 27.3 Å². The van der Waals surface area contributed by atoms with Gasteiger partial charge in [0.1, 0.15) is 0 Å². The van der Waals surface area contributed by atoms with Crippen molar-refractivity contribution in [1.82, 2.24) is 9.99 Å². The first-order valence-corrected chi connectivity index (χ1v) is 9.70. The van der Waals surface area contributed by atoms with E-state index in [2.05, 4.69) is 10.5 Å². The van der Waals surface area contributed by atoms with E-state index >= 15 is 0 Å². The number of nitro benzene ring substituents is 1. The van der Waals surface area contributed by atoms with Crippen molar-refractivity contribution in [2.45, 2.75) is 13.8 Å². The van der Waals surface area contributed by atoms with Crippen molar-refractivity contribution in [1.29, 1.82) is 0 Å². The standard InChI is InChI=1S/C24H20N4O3/c1-16-12-21(17(2)27(16)22-8-5-9-23(14-22)28(30)31)15-25-26-24(29)20-11-10-18-6-3-4-7-19(18)13-20/h3-15H,1-2H3,(H,26,29)/b25-15-. The molecule has 3 aromatic carbocycles. The summed E-state index contributed by atoms with van der Waals surface area (Å²) >= 11 is 0. The number of aryl methyl sites for hydroxylation is 1. The van der Waals surface area contributed by atoms with Gasteiger partial charge in [0.25, 0.3) is 11.6 Å². The highest BCUT2D eigenvalue weighted by Crippen LogP contribution is 2.23. The van der Waals surface area contributed by atoms with Crippen molar-refractivity contribution < 1.29 is 9.72 Å². The first-order valence-electron chi connectivity index (χ1n) is 9.70. The molecular formula is C24H20N4O3. The van der Waals surface area contributed by atoms with Gasteiger partial charge in [0, 0.05) is 34.6 Å². The van der Waals surface area contributed by atoms with Gasteiger partial charge in [-0.1, -0.05) is 36.4 Å². The zero-order chi connectivity index (χ0) is 22.0. The van der Waals surface area contributed by atoms with Crippen LogP contribution in [0, 0.1) is 24.0 Å². The maximum atomic E-state index is 12.5. The predicted octanol–water partition coefficient (Wildman–Crippen LogP) is 4.92. The number of benzene rings is 3. The molecule has 0 aliphatic carbocycles. The number of hydrogen-bond donors (Lipinski definition) is 1. The summed E-state index contributed by atoms with van der Waals surface area (Å²) in [5.41, 5.74) is 6.39. The quantitative estimate of drug-likeness (QED) is 0.287. The summed E-state index contributed by atoms with van der Waals surface area (Å²) in [6.45, 7) is 3.81. The first kappa shape index (κ1) is 20.0. The second-order valence-electron chi connectivity index (χ2n) is 7.20. The molecule has 7 heteroatoms. The van der Waals surface area contributed by atoms with E-state index in [1.165, 1.54) is 12.1 Å². The van der Waals surface area contributed by atoms with Crippen LogP contribution in [0.2, 0.25) is 0 Å². The number of hydrazone groups is 1. The third kappa shape index (κ3) is 4.06. The van der Waals surface area contributed by atoms with Gasteiger partial charge < -0.3 is 4.57 Å². The van der Waals surface area contributed by atoms with Crippen molar-refractivity contribution in [3.05, 3.63) is 105 Å². The summed E-state index contributed by atoms with van der Waals surface area (Å²) in [5, 5.41) is 17.2. The zero-order valence-electron chi connectivity index (χ0n) is 17.1. The number of nitro groups is 1. The molecule has 0 saturated carbocycles. The topological polar surface area (TPSA) is 89.5 Å². The van der Waals surface area contributed by atoms with Gasteiger partial charge in [-0.15, -0.1) is 0 Å². The second kappa shape index (κ2) is 8.23. The average Bonchev–Trinajstić information content (AvgIpc) is 3.06. The van der Waals surface area contributed by atoms with Crippen LogP contribution in [0.4, 0.5) is 5.69 Å². The minimum atomic E-state index is -0.414. The Hall–Kier alpha value is -4.26. The van der Waals surface area contributed by atoms with Gasteiger partial charge in [0.15, 0.2) is 0 Å². The Balaban J connectivity index is 1.54. The summed E-state index contributed by atoms with van der Waals surface area (Å²) in [4.78, 5) is 23.1. The number of hydrogen-bond acceptors (Lipinski definition) is 4. The number of carbonyl (C=O) groups is 1. The summed E-state index contributed by atoms with van der Waals surface area (Å²) < 4.78 is 1.92. The highest BCUT2D eigenvalue weighted by Gasteiger charge is 2.13. The van der Waals surface area contributed by atoms with Gasteiger partial charge in [-0.3, -0.25) is 14.9 Å². The number of amides is 1. The lowest BCUT2D eigenvalue weighted by Crippen LogP contribution is -2.17. The van der Waals surface area contributed by atoms with Crippen LogP contribution in [0.15, 0.2) is 77.9 Å². The van der Waals surface area contributed by atoms with Crippen LogP contribution in [-0.4, -0.2) is 21.6 Å². The fraction of sp³-hybridized carbons (Fsp3) is 0.0833. The molecule has 4 aromatic rings. The maximum Gasteiger partial charge on any atom is 0.271 e. The number of rotatable bonds is 5. The number of nitrogens with zero attached hydrogens (tertiary/aromatic N) is 3. The Morgan fingerprint density at radius 2 is 1.77 bits per heavy atom. The SMILES string of the molecule is Cc1cc(/C=N\NC(=O)c2ccc3ccccc3c2)c(C)n1-c1cccc([N+](=O)[O-])c1. The second-order valence-corrected chi connectivity index (χ2v) is 7.20. The van der Waals surface area contributed by atoms with Crippen LogP contribution in [0.5, 0.6) is 0 Å². The lowest BCUT2D eigenvalue weighted by atomic mass is 10.1. The molecule has 0 spiro atoms. The van der Waals surface area contributed by atoms with Gasteiger partial charge in [-0.25, -0.2) is 5.43 Å². The molecule has 154 valence electrons. The highest BCUT2D eigenvalue weighted by atomic mass is 16.6. The van der Waals surface area contributed by atoms with Gasteiger partial charge in [-0.2, -0.15) is 5.10 Å². The normalized spacial score (nSPS) is 11.2. The Morgan fingerprint density at radius 1 is 1.00 bits per heavy atom. The monoisotopic (exact) mass is 412 g/mol. The number of fused-ring (bicyclic) bond motifs is 1. The Bertz CT molecular complexity index is 1340. The van der Waals surface area contributed by atoms with Crippen LogP contribution >= 0.6 is 0 Å². The van der Waals surface area contributed by atoms with Crippen LogP contribution in [0.3, 0.4) is 0 Å². The van der Waals surface area contributed by atoms with E-state index in [0.717, 1.165) is 27.7 Å². The third-order valence-electron chi connectivity index (χ3n) is 5.15. The molecule has 0 unspecified atom stereocenters. The molecule has 31 heavy (non-hydrogen) atoms. The van der Waals surface area contributed by atoms with Crippen molar-refractivity contribution in [2.75, 3.05) is 0 Å². The Morgan fingerprint density at radius 3 is 2.55 bits per heavy atom. The molecule has 1 N–H and O–H groups in total. The smallest absolute Gasteiger partial charge is 0.271 e. The highest BCUT2D eigenvalue weighted by molar-refractivity contribution is 5.99. The molecule has 0 bridgehead atoms. The minimum absolute atomic E-state index is 0.0304. The molecule has 1 aromatic heterocycles. The molecule has 4 rings (SSSR count). The molecule has 0 aliphatic heterocycles. The molecular weight excluding hydrogens is 392 g/mol. The van der Waals surface area contributed by atoms with E-state index in [4.69, 9.17) is 0 Å². The van der Waals surface area contributed by atoms with E-state index in [1.54, 1.807) is 18.3 Å². The molecule has 0 saturated heterocycles. The van der Waals surface area contributed by atoms with Crippen molar-refractivity contribution in [2.24, 2.45) is 5.10 Å². The third-order valence-corrected chi connectivity index (χ3v) is 5.15. The zero-order valence-corrected chi connectivity index (χ0v) is 17.1. The Labute approximate surface area is 178 Å². The first-order chi connectivity index (χ1) is 14.9. The molecule has 0 fully saturated rings. The molecule has 7 nitrogen and oxygen atoms in total. The number of nitrogens with one attached hydrogen (secondary N) is 1. The van der Waals surface area contributed by atoms with Crippen LogP contribution < -0.4 is 5.43 Å². The molecule has 0 atom stereocenters. The van der Waals surface area contributed by atoms with Gasteiger partial charge in [0.05, 0.1) is 16.8 Å². The van der Waals surface area contributed by atoms with E-state index in [-0.39, 0.29) is 11.6 Å². The lowest BCUT2D eigenvalue weighted by molar-refractivity contribution is -0.384. The number of non-ortho nitro benzene ring substituents is 1. The molecule has 0 radical (unpaired) electrons. The van der Waals surface area contributed by atoms with Crippen LogP contribution in [-0.2, 0) is 0 Å². The largest absolute Gasteiger partial charge is 0.318 e. The summed E-state index contributed by atoms with van der Waals surface area (Å²) in [6.07, 6.45) is 1.58. The number of carbonyl (C=O) groups excluding carboxylic acids is 1. The number of aromatic nitrogens is 1. The summed E-state index contributed by atoms with van der Waals surface area (Å²) in [6, 6.07) is 21.7. The minimum Gasteiger partial charge on any atom is -0.318 e. The fourth-order valence-electron chi connectivity index (χ4n) is 3.62. The van der Waals surface area contributed by atoms with Gasteiger partial charge >= 0.3 is 0 Å². The van der Waals surface area contributed by atoms with Crippen LogP contribution in [0.25, 0.3) is 16.5 Å². The van der Waals surface area contributed by atoms with E-state index in [1.807, 2.05) is 66.9 Å².